The summed E-state index contributed by atoms with van der Waals surface area (Å²) in [5, 5.41) is 0. The minimum atomic E-state index is -3.45. The third-order valence-corrected chi connectivity index (χ3v) is 6.57. The SMILES string of the molecule is CSc1ccc(C(=O)[C@@H]2CCCN(S(=O)(=O)N(C)C)C2)cc1. The summed E-state index contributed by atoms with van der Waals surface area (Å²) in [5.74, 6) is -0.227. The van der Waals surface area contributed by atoms with Crippen molar-refractivity contribution in [1.29, 1.82) is 0 Å². The molecule has 1 saturated heterocycles. The summed E-state index contributed by atoms with van der Waals surface area (Å²) in [7, 11) is -0.417. The molecule has 1 aromatic carbocycles. The molecule has 0 spiro atoms. The topological polar surface area (TPSA) is 57.7 Å². The lowest BCUT2D eigenvalue weighted by Gasteiger charge is -2.32. The smallest absolute Gasteiger partial charge is 0.281 e. The van der Waals surface area contributed by atoms with E-state index >= 15 is 0 Å². The van der Waals surface area contributed by atoms with Gasteiger partial charge in [0.2, 0.25) is 0 Å². The number of Topliss-reactive ketones (excluding diaryl/α,β-unsaturated/α-hetero) is 1. The first-order chi connectivity index (χ1) is 10.4. The van der Waals surface area contributed by atoms with E-state index in [2.05, 4.69) is 0 Å². The Balaban J connectivity index is 2.13. The predicted octanol–water partition coefficient (Wildman–Crippen LogP) is 2.11. The summed E-state index contributed by atoms with van der Waals surface area (Å²) < 4.78 is 27.0. The molecule has 0 aliphatic carbocycles. The molecule has 0 unspecified atom stereocenters. The van der Waals surface area contributed by atoms with Gasteiger partial charge in [0.15, 0.2) is 5.78 Å². The highest BCUT2D eigenvalue weighted by molar-refractivity contribution is 7.98. The van der Waals surface area contributed by atoms with E-state index in [0.717, 1.165) is 11.3 Å². The maximum Gasteiger partial charge on any atom is 0.281 e. The van der Waals surface area contributed by atoms with Gasteiger partial charge < -0.3 is 0 Å². The number of ketones is 1. The van der Waals surface area contributed by atoms with Crippen LogP contribution in [0, 0.1) is 5.92 Å². The van der Waals surface area contributed by atoms with Gasteiger partial charge in [-0.3, -0.25) is 4.79 Å². The Morgan fingerprint density at radius 1 is 1.27 bits per heavy atom. The van der Waals surface area contributed by atoms with Gasteiger partial charge in [-0.05, 0) is 31.2 Å². The maximum atomic E-state index is 12.6. The standard InChI is InChI=1S/C15H22N2O3S2/c1-16(2)22(19,20)17-10-4-5-13(11-17)15(18)12-6-8-14(21-3)9-7-12/h6-9,13H,4-5,10-11H2,1-3H3/t13-/m1/s1. The lowest BCUT2D eigenvalue weighted by atomic mass is 9.91. The molecule has 1 aliphatic rings. The highest BCUT2D eigenvalue weighted by Gasteiger charge is 2.33. The van der Waals surface area contributed by atoms with Crippen molar-refractivity contribution in [2.75, 3.05) is 33.4 Å². The number of nitrogens with zero attached hydrogens (tertiary/aromatic N) is 2. The molecule has 1 aromatic rings. The second-order valence-corrected chi connectivity index (χ2v) is 8.60. The van der Waals surface area contributed by atoms with E-state index in [0.29, 0.717) is 18.5 Å². The normalized spacial score (nSPS) is 20.3. The largest absolute Gasteiger partial charge is 0.294 e. The van der Waals surface area contributed by atoms with Crippen molar-refractivity contribution in [3.63, 3.8) is 0 Å². The average Bonchev–Trinajstić information content (AvgIpc) is 2.54. The Labute approximate surface area is 136 Å². The van der Waals surface area contributed by atoms with E-state index in [9.17, 15) is 13.2 Å². The van der Waals surface area contributed by atoms with Gasteiger partial charge >= 0.3 is 0 Å². The predicted molar refractivity (Wildman–Crippen MR) is 89.5 cm³/mol. The molecule has 1 fully saturated rings. The maximum absolute atomic E-state index is 12.6. The third-order valence-electron chi connectivity index (χ3n) is 3.92. The molecule has 0 aromatic heterocycles. The molecular weight excluding hydrogens is 320 g/mol. The van der Waals surface area contributed by atoms with Crippen LogP contribution in [-0.4, -0.2) is 56.3 Å². The molecule has 7 heteroatoms. The minimum Gasteiger partial charge on any atom is -0.294 e. The van der Waals surface area contributed by atoms with E-state index in [1.54, 1.807) is 11.8 Å². The molecule has 1 atom stereocenters. The second kappa shape index (κ2) is 7.12. The van der Waals surface area contributed by atoms with Gasteiger partial charge in [-0.1, -0.05) is 12.1 Å². The van der Waals surface area contributed by atoms with E-state index in [-0.39, 0.29) is 18.2 Å². The van der Waals surface area contributed by atoms with Crippen molar-refractivity contribution in [2.24, 2.45) is 5.92 Å². The Bertz CT molecular complexity index is 627. The van der Waals surface area contributed by atoms with Crippen molar-refractivity contribution in [1.82, 2.24) is 8.61 Å². The van der Waals surface area contributed by atoms with Crippen LogP contribution >= 0.6 is 11.8 Å². The fourth-order valence-corrected chi connectivity index (χ4v) is 4.19. The Kier molecular flexibility index (Phi) is 5.65. The van der Waals surface area contributed by atoms with Gasteiger partial charge in [-0.15, -0.1) is 11.8 Å². The highest BCUT2D eigenvalue weighted by atomic mass is 32.2. The Morgan fingerprint density at radius 3 is 2.45 bits per heavy atom. The molecule has 1 heterocycles. The summed E-state index contributed by atoms with van der Waals surface area (Å²) in [6, 6.07) is 7.51. The van der Waals surface area contributed by atoms with Crippen molar-refractivity contribution in [2.45, 2.75) is 17.7 Å². The fraction of sp³-hybridized carbons (Fsp3) is 0.533. The van der Waals surface area contributed by atoms with Gasteiger partial charge in [-0.2, -0.15) is 17.0 Å². The zero-order chi connectivity index (χ0) is 16.3. The van der Waals surface area contributed by atoms with Crippen molar-refractivity contribution >= 4 is 27.8 Å². The number of hydrogen-bond acceptors (Lipinski definition) is 4. The molecule has 0 bridgehead atoms. The van der Waals surface area contributed by atoms with Crippen LogP contribution in [0.2, 0.25) is 0 Å². The lowest BCUT2D eigenvalue weighted by Crippen LogP contribution is -2.46. The van der Waals surface area contributed by atoms with Crippen LogP contribution in [0.4, 0.5) is 0 Å². The average molecular weight is 342 g/mol. The molecule has 0 N–H and O–H groups in total. The first kappa shape index (κ1) is 17.5. The molecule has 0 radical (unpaired) electrons. The van der Waals surface area contributed by atoms with Crippen LogP contribution in [0.25, 0.3) is 0 Å². The Hall–Kier alpha value is -0.890. The van der Waals surface area contributed by atoms with Crippen LogP contribution in [-0.2, 0) is 10.2 Å². The Morgan fingerprint density at radius 2 is 1.91 bits per heavy atom. The first-order valence-electron chi connectivity index (χ1n) is 7.22. The van der Waals surface area contributed by atoms with Gasteiger partial charge in [0, 0.05) is 43.6 Å². The molecule has 2 rings (SSSR count). The number of carbonyl (C=O) groups is 1. The van der Waals surface area contributed by atoms with Gasteiger partial charge in [-0.25, -0.2) is 0 Å². The van der Waals surface area contributed by atoms with E-state index < -0.39 is 10.2 Å². The van der Waals surface area contributed by atoms with E-state index in [4.69, 9.17) is 0 Å². The lowest BCUT2D eigenvalue weighted by molar-refractivity contribution is 0.0870. The summed E-state index contributed by atoms with van der Waals surface area (Å²) in [4.78, 5) is 13.7. The van der Waals surface area contributed by atoms with Crippen molar-refractivity contribution < 1.29 is 13.2 Å². The number of carbonyl (C=O) groups excluding carboxylic acids is 1. The fourth-order valence-electron chi connectivity index (χ4n) is 2.59. The van der Waals surface area contributed by atoms with Gasteiger partial charge in [0.05, 0.1) is 0 Å². The number of thioether (sulfide) groups is 1. The van der Waals surface area contributed by atoms with Crippen LogP contribution in [0.1, 0.15) is 23.2 Å². The zero-order valence-electron chi connectivity index (χ0n) is 13.2. The zero-order valence-corrected chi connectivity index (χ0v) is 14.8. The monoisotopic (exact) mass is 342 g/mol. The number of piperidine rings is 1. The molecular formula is C15H22N2O3S2. The molecule has 0 amide bonds. The van der Waals surface area contributed by atoms with E-state index in [1.807, 2.05) is 30.5 Å². The number of rotatable bonds is 5. The van der Waals surface area contributed by atoms with Crippen LogP contribution < -0.4 is 0 Å². The van der Waals surface area contributed by atoms with E-state index in [1.165, 1.54) is 22.7 Å². The van der Waals surface area contributed by atoms with Crippen LogP contribution in [0.3, 0.4) is 0 Å². The van der Waals surface area contributed by atoms with Crippen molar-refractivity contribution in [3.05, 3.63) is 29.8 Å². The highest BCUT2D eigenvalue weighted by Crippen LogP contribution is 2.24. The summed E-state index contributed by atoms with van der Waals surface area (Å²) in [6.07, 6.45) is 3.44. The van der Waals surface area contributed by atoms with Gasteiger partial charge in [0.1, 0.15) is 0 Å². The summed E-state index contributed by atoms with van der Waals surface area (Å²) >= 11 is 1.63. The molecule has 122 valence electrons. The van der Waals surface area contributed by atoms with Gasteiger partial charge in [0.25, 0.3) is 10.2 Å². The first-order valence-corrected chi connectivity index (χ1v) is 9.84. The quantitative estimate of drug-likeness (QED) is 0.607. The minimum absolute atomic E-state index is 0.0336. The molecule has 0 saturated carbocycles. The van der Waals surface area contributed by atoms with Crippen LogP contribution in [0.5, 0.6) is 0 Å². The van der Waals surface area contributed by atoms with Crippen molar-refractivity contribution in [3.8, 4) is 0 Å². The number of benzene rings is 1. The third kappa shape index (κ3) is 3.71. The number of hydrogen-bond donors (Lipinski definition) is 0. The molecule has 5 nitrogen and oxygen atoms in total. The summed E-state index contributed by atoms with van der Waals surface area (Å²) in [5.41, 5.74) is 0.659. The summed E-state index contributed by atoms with van der Waals surface area (Å²) in [6.45, 7) is 0.749. The van der Waals surface area contributed by atoms with Crippen LogP contribution in [0.15, 0.2) is 29.2 Å². The second-order valence-electron chi connectivity index (χ2n) is 5.58. The molecule has 1 aliphatic heterocycles. The molecule has 22 heavy (non-hydrogen) atoms.